The Bertz CT molecular complexity index is 1920. The van der Waals surface area contributed by atoms with Gasteiger partial charge in [-0.1, -0.05) is 82.5 Å². The number of hydrogen-bond donors (Lipinski definition) is 0. The highest BCUT2D eigenvalue weighted by Crippen LogP contribution is 2.37. The number of hydrogen-bond acceptors (Lipinski definition) is 7. The average molecular weight is 672 g/mol. The second-order valence-electron chi connectivity index (χ2n) is 10.2. The van der Waals surface area contributed by atoms with Crippen LogP contribution >= 0.6 is 46.1 Å². The van der Waals surface area contributed by atoms with E-state index in [0.29, 0.717) is 42.7 Å². The first kappa shape index (κ1) is 31.9. The van der Waals surface area contributed by atoms with Gasteiger partial charge in [-0.05, 0) is 63.6 Å². The Kier molecular flexibility index (Phi) is 9.85. The number of nitrogens with zero attached hydrogens (tertiary/aromatic N) is 2. The molecule has 0 saturated carbocycles. The van der Waals surface area contributed by atoms with Gasteiger partial charge in [-0.3, -0.25) is 9.36 Å². The Morgan fingerprint density at radius 2 is 1.73 bits per heavy atom. The first-order valence-corrected chi connectivity index (χ1v) is 15.8. The van der Waals surface area contributed by atoms with Crippen LogP contribution in [0.25, 0.3) is 6.08 Å². The molecule has 1 aromatic heterocycles. The molecule has 4 aromatic rings. The minimum atomic E-state index is -0.810. The van der Waals surface area contributed by atoms with Crippen LogP contribution in [-0.4, -0.2) is 23.2 Å². The predicted molar refractivity (Wildman–Crippen MR) is 175 cm³/mol. The van der Waals surface area contributed by atoms with Crippen molar-refractivity contribution in [2.24, 2.45) is 4.99 Å². The number of carbonyl (C=O) groups is 1. The Morgan fingerprint density at radius 3 is 2.41 bits per heavy atom. The summed E-state index contributed by atoms with van der Waals surface area (Å²) in [6.07, 6.45) is 1.56. The van der Waals surface area contributed by atoms with Gasteiger partial charge in [0.1, 0.15) is 18.4 Å². The van der Waals surface area contributed by atoms with E-state index in [1.165, 1.54) is 15.9 Å². The van der Waals surface area contributed by atoms with Crippen molar-refractivity contribution in [2.75, 3.05) is 6.61 Å². The SMILES string of the molecule is CCOC(=O)C1=C(C)N=c2s/c(=C/c3cc(Cl)c(OCc4ccccc4Cl)c(Cl)c3)c(=O)n2[C@@H]1c1ccccc1OC(C)C. The van der Waals surface area contributed by atoms with E-state index in [-0.39, 0.29) is 40.5 Å². The fourth-order valence-corrected chi connectivity index (χ4v) is 6.72. The van der Waals surface area contributed by atoms with Crippen molar-refractivity contribution in [3.8, 4) is 11.5 Å². The Labute approximate surface area is 273 Å². The van der Waals surface area contributed by atoms with E-state index in [1.54, 1.807) is 38.1 Å². The molecule has 0 N–H and O–H groups in total. The summed E-state index contributed by atoms with van der Waals surface area (Å²) < 4.78 is 19.3. The summed E-state index contributed by atoms with van der Waals surface area (Å²) >= 11 is 20.6. The highest BCUT2D eigenvalue weighted by molar-refractivity contribution is 7.07. The summed E-state index contributed by atoms with van der Waals surface area (Å²) in [5, 5.41) is 1.13. The van der Waals surface area contributed by atoms with Gasteiger partial charge in [0.05, 0.1) is 38.6 Å². The summed E-state index contributed by atoms with van der Waals surface area (Å²) in [6, 6.07) is 17.2. The minimum absolute atomic E-state index is 0.130. The normalized spacial score (nSPS) is 14.8. The highest BCUT2D eigenvalue weighted by Gasteiger charge is 2.35. The lowest BCUT2D eigenvalue weighted by atomic mass is 9.95. The molecule has 0 unspecified atom stereocenters. The smallest absolute Gasteiger partial charge is 0.338 e. The molecule has 1 aliphatic heterocycles. The number of para-hydroxylation sites is 1. The average Bonchev–Trinajstić information content (AvgIpc) is 3.26. The lowest BCUT2D eigenvalue weighted by Crippen LogP contribution is -2.40. The molecule has 5 rings (SSSR count). The predicted octanol–water partition coefficient (Wildman–Crippen LogP) is 7.12. The van der Waals surface area contributed by atoms with Crippen molar-refractivity contribution in [3.05, 3.63) is 123 Å². The fourth-order valence-electron chi connectivity index (χ4n) is 4.87. The van der Waals surface area contributed by atoms with Crippen molar-refractivity contribution < 1.29 is 19.0 Å². The third-order valence-corrected chi connectivity index (χ3v) is 8.65. The monoisotopic (exact) mass is 670 g/mol. The van der Waals surface area contributed by atoms with E-state index < -0.39 is 12.0 Å². The Balaban J connectivity index is 1.59. The van der Waals surface area contributed by atoms with Crippen LogP contribution in [0, 0.1) is 0 Å². The van der Waals surface area contributed by atoms with E-state index in [2.05, 4.69) is 4.99 Å². The minimum Gasteiger partial charge on any atom is -0.491 e. The van der Waals surface area contributed by atoms with Crippen LogP contribution in [0.5, 0.6) is 11.5 Å². The van der Waals surface area contributed by atoms with Gasteiger partial charge in [-0.25, -0.2) is 9.79 Å². The van der Waals surface area contributed by atoms with Crippen LogP contribution in [0.3, 0.4) is 0 Å². The lowest BCUT2D eigenvalue weighted by Gasteiger charge is -2.26. The molecule has 1 atom stereocenters. The molecule has 44 heavy (non-hydrogen) atoms. The van der Waals surface area contributed by atoms with Gasteiger partial charge in [-0.15, -0.1) is 0 Å². The standard InChI is InChI=1S/C33H29Cl3N2O5S/c1-5-41-32(40)28-19(4)37-33-38(29(28)22-11-7-9-13-26(22)43-18(2)3)31(39)27(44-33)16-20-14-24(35)30(25(36)15-20)42-17-21-10-6-8-12-23(21)34/h6-16,18,29H,5,17H2,1-4H3/b27-16+/t29-/m1/s1. The Morgan fingerprint density at radius 1 is 1.05 bits per heavy atom. The molecule has 228 valence electrons. The molecule has 7 nitrogen and oxygen atoms in total. The second-order valence-corrected chi connectivity index (χ2v) is 12.4. The number of ether oxygens (including phenoxy) is 3. The number of halogens is 3. The lowest BCUT2D eigenvalue weighted by molar-refractivity contribution is -0.139. The summed E-state index contributed by atoms with van der Waals surface area (Å²) in [5.41, 5.74) is 2.44. The van der Waals surface area contributed by atoms with Crippen LogP contribution < -0.4 is 24.4 Å². The van der Waals surface area contributed by atoms with Gasteiger partial charge >= 0.3 is 5.97 Å². The molecule has 0 saturated heterocycles. The maximum absolute atomic E-state index is 14.1. The molecule has 11 heteroatoms. The number of rotatable bonds is 9. The van der Waals surface area contributed by atoms with Crippen molar-refractivity contribution in [1.29, 1.82) is 0 Å². The summed E-state index contributed by atoms with van der Waals surface area (Å²) in [7, 11) is 0. The number of fused-ring (bicyclic) bond motifs is 1. The molecular weight excluding hydrogens is 643 g/mol. The summed E-state index contributed by atoms with van der Waals surface area (Å²) in [4.78, 5) is 32.4. The largest absolute Gasteiger partial charge is 0.491 e. The molecule has 3 aromatic carbocycles. The first-order chi connectivity index (χ1) is 21.1. The molecule has 0 spiro atoms. The number of thiazole rings is 1. The zero-order valence-corrected chi connectivity index (χ0v) is 27.5. The summed E-state index contributed by atoms with van der Waals surface area (Å²) in [6.45, 7) is 7.66. The number of carbonyl (C=O) groups excluding carboxylic acids is 1. The summed E-state index contributed by atoms with van der Waals surface area (Å²) in [5.74, 6) is 0.325. The number of allylic oxidation sites excluding steroid dienone is 1. The van der Waals surface area contributed by atoms with E-state index in [1.807, 2.05) is 56.3 Å². The topological polar surface area (TPSA) is 79.1 Å². The van der Waals surface area contributed by atoms with Crippen molar-refractivity contribution in [3.63, 3.8) is 0 Å². The number of esters is 1. The van der Waals surface area contributed by atoms with E-state index >= 15 is 0 Å². The molecule has 0 bridgehead atoms. The van der Waals surface area contributed by atoms with Gasteiger partial charge in [0.2, 0.25) is 0 Å². The zero-order chi connectivity index (χ0) is 31.5. The van der Waals surface area contributed by atoms with Crippen LogP contribution in [0.4, 0.5) is 0 Å². The van der Waals surface area contributed by atoms with Crippen molar-refractivity contribution >= 4 is 58.2 Å². The van der Waals surface area contributed by atoms with Gasteiger partial charge < -0.3 is 14.2 Å². The molecule has 0 amide bonds. The van der Waals surface area contributed by atoms with E-state index in [9.17, 15) is 9.59 Å². The molecule has 2 heterocycles. The fraction of sp³-hybridized carbons (Fsp3) is 0.242. The Hall–Kier alpha value is -3.56. The van der Waals surface area contributed by atoms with Crippen LogP contribution in [-0.2, 0) is 16.1 Å². The zero-order valence-electron chi connectivity index (χ0n) is 24.4. The van der Waals surface area contributed by atoms with Gasteiger partial charge in [0, 0.05) is 16.1 Å². The maximum Gasteiger partial charge on any atom is 0.338 e. The molecule has 0 radical (unpaired) electrons. The molecular formula is C33H29Cl3N2O5S. The highest BCUT2D eigenvalue weighted by atomic mass is 35.5. The second kappa shape index (κ2) is 13.6. The number of benzene rings is 3. The van der Waals surface area contributed by atoms with Gasteiger partial charge in [-0.2, -0.15) is 0 Å². The van der Waals surface area contributed by atoms with Crippen LogP contribution in [0.1, 0.15) is 50.4 Å². The van der Waals surface area contributed by atoms with Crippen molar-refractivity contribution in [2.45, 2.75) is 46.4 Å². The van der Waals surface area contributed by atoms with Gasteiger partial charge in [0.15, 0.2) is 10.6 Å². The molecule has 0 aliphatic carbocycles. The van der Waals surface area contributed by atoms with E-state index in [4.69, 9.17) is 49.0 Å². The molecule has 1 aliphatic rings. The van der Waals surface area contributed by atoms with Gasteiger partial charge in [0.25, 0.3) is 5.56 Å². The maximum atomic E-state index is 14.1. The quantitative estimate of drug-likeness (QED) is 0.177. The van der Waals surface area contributed by atoms with Crippen LogP contribution in [0.15, 0.2) is 81.7 Å². The molecule has 0 fully saturated rings. The van der Waals surface area contributed by atoms with Crippen molar-refractivity contribution in [1.82, 2.24) is 4.57 Å². The number of aromatic nitrogens is 1. The third-order valence-electron chi connectivity index (χ3n) is 6.74. The van der Waals surface area contributed by atoms with E-state index in [0.717, 1.165) is 5.56 Å². The van der Waals surface area contributed by atoms with Crippen LogP contribution in [0.2, 0.25) is 15.1 Å². The third kappa shape index (κ3) is 6.59. The first-order valence-electron chi connectivity index (χ1n) is 13.9.